The molecule has 7 nitrogen and oxygen atoms in total. The van der Waals surface area contributed by atoms with Crippen LogP contribution in [-0.2, 0) is 35.4 Å². The maximum atomic E-state index is 9.57. The van der Waals surface area contributed by atoms with Crippen LogP contribution in [0.3, 0.4) is 0 Å². The zero-order chi connectivity index (χ0) is 16.4. The lowest BCUT2D eigenvalue weighted by molar-refractivity contribution is -0.423. The van der Waals surface area contributed by atoms with Gasteiger partial charge in [-0.1, -0.05) is 24.3 Å². The largest absolute Gasteiger partial charge is 0.341 e. The molecule has 3 fully saturated rings. The van der Waals surface area contributed by atoms with Gasteiger partial charge in [-0.15, -0.1) is 0 Å². The van der Waals surface area contributed by atoms with Crippen LogP contribution in [-0.4, -0.2) is 32.0 Å². The maximum absolute atomic E-state index is 9.57. The Hall–Kier alpha value is -2.00. The van der Waals surface area contributed by atoms with Crippen LogP contribution in [0.5, 0.6) is 0 Å². The predicted molar refractivity (Wildman–Crippen MR) is 75.6 cm³/mol. The van der Waals surface area contributed by atoms with E-state index in [-0.39, 0.29) is 0 Å². The van der Waals surface area contributed by atoms with Crippen molar-refractivity contribution < 1.29 is 23.7 Å². The molecule has 3 spiro atoms. The molecule has 3 heterocycles. The number of hydrogen-bond donors (Lipinski definition) is 0. The molecule has 122 valence electrons. The van der Waals surface area contributed by atoms with Gasteiger partial charge in [-0.25, -0.2) is 0 Å². The first-order valence-electron chi connectivity index (χ1n) is 7.89. The molecule has 0 aromatic heterocycles. The molecule has 0 radical (unpaired) electrons. The Balaban J connectivity index is 1.79. The second-order valence-electron chi connectivity index (χ2n) is 6.22. The molecule has 0 bridgehead atoms. The number of rotatable bonds is 0. The van der Waals surface area contributed by atoms with Crippen molar-refractivity contribution in [2.45, 2.75) is 17.4 Å². The normalized spacial score (nSPS) is 37.2. The summed E-state index contributed by atoms with van der Waals surface area (Å²) in [6.07, 6.45) is 0. The summed E-state index contributed by atoms with van der Waals surface area (Å²) in [4.78, 5) is 0. The van der Waals surface area contributed by atoms with Crippen LogP contribution < -0.4 is 0 Å². The third-order valence-corrected chi connectivity index (χ3v) is 5.22. The molecule has 2 saturated heterocycles. The number of benzene rings is 1. The summed E-state index contributed by atoms with van der Waals surface area (Å²) >= 11 is 0. The van der Waals surface area contributed by atoms with Crippen molar-refractivity contribution in [1.29, 1.82) is 10.5 Å². The molecule has 4 aliphatic rings. The molecule has 1 saturated carbocycles. The van der Waals surface area contributed by atoms with Gasteiger partial charge in [0.2, 0.25) is 5.79 Å². The first-order chi connectivity index (χ1) is 11.7. The molecule has 24 heavy (non-hydrogen) atoms. The highest BCUT2D eigenvalue weighted by molar-refractivity contribution is 5.47. The van der Waals surface area contributed by atoms with Crippen LogP contribution in [0, 0.1) is 34.5 Å². The van der Waals surface area contributed by atoms with E-state index in [2.05, 4.69) is 12.1 Å². The highest BCUT2D eigenvalue weighted by Gasteiger charge is 2.85. The summed E-state index contributed by atoms with van der Waals surface area (Å²) in [5.74, 6) is -4.07. The zero-order valence-electron chi connectivity index (χ0n) is 12.7. The Bertz CT molecular complexity index is 763. The third kappa shape index (κ3) is 1.39. The molecular weight excluding hydrogens is 312 g/mol. The van der Waals surface area contributed by atoms with Gasteiger partial charge in [0.15, 0.2) is 5.60 Å². The molecule has 7 heteroatoms. The summed E-state index contributed by atoms with van der Waals surface area (Å²) in [7, 11) is 0. The van der Waals surface area contributed by atoms with Crippen LogP contribution >= 0.6 is 0 Å². The average Bonchev–Trinajstić information content (AvgIpc) is 3.01. The molecule has 0 amide bonds. The van der Waals surface area contributed by atoms with Gasteiger partial charge in [0.1, 0.15) is 11.8 Å². The van der Waals surface area contributed by atoms with Crippen LogP contribution in [0.15, 0.2) is 24.3 Å². The van der Waals surface area contributed by atoms with Crippen molar-refractivity contribution in [3.05, 3.63) is 35.4 Å². The molecule has 0 unspecified atom stereocenters. The van der Waals surface area contributed by atoms with Gasteiger partial charge in [-0.05, 0) is 0 Å². The summed E-state index contributed by atoms with van der Waals surface area (Å²) in [5.41, 5.74) is 0.107. The minimum atomic E-state index is -1.42. The first kappa shape index (κ1) is 14.4. The first-order valence-corrected chi connectivity index (χ1v) is 7.89. The number of nitriles is 2. The fourth-order valence-corrected chi connectivity index (χ4v) is 4.24. The topological polar surface area (TPSA) is 93.7 Å². The maximum Gasteiger partial charge on any atom is 0.313 e. The minimum absolute atomic E-state index is 0.366. The van der Waals surface area contributed by atoms with Gasteiger partial charge in [0.25, 0.3) is 0 Å². The van der Waals surface area contributed by atoms with E-state index in [9.17, 15) is 10.5 Å². The quantitative estimate of drug-likeness (QED) is 0.705. The van der Waals surface area contributed by atoms with Crippen LogP contribution in [0.1, 0.15) is 11.1 Å². The average molecular weight is 326 g/mol. The molecule has 3 aliphatic heterocycles. The SMILES string of the molecule is N#C[C@@H]1[C@@H](C#N)C12OC1(OCCO1)c1ccccc1C21OCCO1. The van der Waals surface area contributed by atoms with Gasteiger partial charge in [-0.3, -0.25) is 0 Å². The zero-order valence-corrected chi connectivity index (χ0v) is 12.7. The number of hydrogen-bond acceptors (Lipinski definition) is 7. The van der Waals surface area contributed by atoms with Crippen LogP contribution in [0.4, 0.5) is 0 Å². The summed E-state index contributed by atoms with van der Waals surface area (Å²) in [5, 5.41) is 19.1. The molecule has 1 aliphatic carbocycles. The van der Waals surface area contributed by atoms with Crippen molar-refractivity contribution in [3.63, 3.8) is 0 Å². The van der Waals surface area contributed by atoms with E-state index in [1.54, 1.807) is 0 Å². The molecule has 2 atom stereocenters. The van der Waals surface area contributed by atoms with E-state index in [0.29, 0.717) is 37.6 Å². The molecular formula is C17H14N2O5. The van der Waals surface area contributed by atoms with Crippen LogP contribution in [0.2, 0.25) is 0 Å². The second-order valence-corrected chi connectivity index (χ2v) is 6.22. The lowest BCUT2D eigenvalue weighted by atomic mass is 9.87. The minimum Gasteiger partial charge on any atom is -0.341 e. The highest BCUT2D eigenvalue weighted by Crippen LogP contribution is 2.70. The Morgan fingerprint density at radius 3 is 1.96 bits per heavy atom. The van der Waals surface area contributed by atoms with E-state index < -0.39 is 29.2 Å². The molecule has 5 rings (SSSR count). The fourth-order valence-electron chi connectivity index (χ4n) is 4.24. The van der Waals surface area contributed by atoms with E-state index >= 15 is 0 Å². The van der Waals surface area contributed by atoms with Crippen molar-refractivity contribution in [2.24, 2.45) is 11.8 Å². The number of ether oxygens (including phenoxy) is 5. The highest BCUT2D eigenvalue weighted by atomic mass is 16.9. The monoisotopic (exact) mass is 326 g/mol. The van der Waals surface area contributed by atoms with E-state index in [1.807, 2.05) is 24.3 Å². The van der Waals surface area contributed by atoms with Crippen molar-refractivity contribution in [2.75, 3.05) is 26.4 Å². The second kappa shape index (κ2) is 4.54. The van der Waals surface area contributed by atoms with Gasteiger partial charge in [0.05, 0.1) is 38.6 Å². The van der Waals surface area contributed by atoms with E-state index in [4.69, 9.17) is 23.7 Å². The van der Waals surface area contributed by atoms with Gasteiger partial charge in [-0.2, -0.15) is 10.5 Å². The Morgan fingerprint density at radius 1 is 0.833 bits per heavy atom. The van der Waals surface area contributed by atoms with Gasteiger partial charge in [0, 0.05) is 11.1 Å². The predicted octanol–water partition coefficient (Wildman–Crippen LogP) is 1.11. The summed E-state index contributed by atoms with van der Waals surface area (Å²) < 4.78 is 29.8. The number of nitrogens with zero attached hydrogens (tertiary/aromatic N) is 2. The smallest absolute Gasteiger partial charge is 0.313 e. The standard InChI is InChI=1S/C17H14N2O5/c18-9-13-14(10-19)15(13)16(20-5-6-21-16)11-3-1-2-4-12(11)17(24-15)22-7-8-23-17/h1-4,13-14H,5-8H2/t13-,14-/m1/s1. The molecule has 0 N–H and O–H groups in total. The molecule has 1 aromatic carbocycles. The third-order valence-electron chi connectivity index (χ3n) is 5.22. The summed E-state index contributed by atoms with van der Waals surface area (Å²) in [6, 6.07) is 11.8. The van der Waals surface area contributed by atoms with Crippen LogP contribution in [0.25, 0.3) is 0 Å². The Kier molecular flexibility index (Phi) is 2.72. The Labute approximate surface area is 138 Å². The Morgan fingerprint density at radius 2 is 1.38 bits per heavy atom. The van der Waals surface area contributed by atoms with Crippen molar-refractivity contribution >= 4 is 0 Å². The molecule has 1 aromatic rings. The van der Waals surface area contributed by atoms with Crippen molar-refractivity contribution in [1.82, 2.24) is 0 Å². The lowest BCUT2D eigenvalue weighted by Crippen LogP contribution is -2.57. The van der Waals surface area contributed by atoms with E-state index in [0.717, 1.165) is 0 Å². The van der Waals surface area contributed by atoms with Crippen molar-refractivity contribution in [3.8, 4) is 12.1 Å². The van der Waals surface area contributed by atoms with E-state index in [1.165, 1.54) is 0 Å². The number of fused-ring (bicyclic) bond motifs is 4. The summed E-state index contributed by atoms with van der Waals surface area (Å²) in [6.45, 7) is 1.47. The van der Waals surface area contributed by atoms with Gasteiger partial charge >= 0.3 is 5.97 Å². The van der Waals surface area contributed by atoms with Gasteiger partial charge < -0.3 is 23.7 Å². The fraction of sp³-hybridized carbons (Fsp3) is 0.529. The lowest BCUT2D eigenvalue weighted by Gasteiger charge is -2.47.